The molecule has 6 nitrogen and oxygen atoms in total. The second-order valence-corrected chi connectivity index (χ2v) is 10.4. The highest BCUT2D eigenvalue weighted by Crippen LogP contribution is 2.42. The normalized spacial score (nSPS) is 18.6. The van der Waals surface area contributed by atoms with Crippen LogP contribution in [0.3, 0.4) is 0 Å². The molecular weight excluding hydrogens is 498 g/mol. The van der Waals surface area contributed by atoms with Crippen molar-refractivity contribution in [2.45, 2.75) is 57.4 Å². The van der Waals surface area contributed by atoms with Crippen LogP contribution in [0.4, 0.5) is 23.2 Å². The van der Waals surface area contributed by atoms with Crippen LogP contribution in [-0.2, 0) is 13.6 Å². The highest BCUT2D eigenvalue weighted by molar-refractivity contribution is 5.95. The lowest BCUT2D eigenvalue weighted by molar-refractivity contribution is -0.145. The van der Waals surface area contributed by atoms with E-state index in [1.807, 2.05) is 0 Å². The van der Waals surface area contributed by atoms with Crippen LogP contribution in [0.25, 0.3) is 0 Å². The summed E-state index contributed by atoms with van der Waals surface area (Å²) in [7, 11) is 1.74. The largest absolute Gasteiger partial charge is 0.408 e. The van der Waals surface area contributed by atoms with Crippen LogP contribution in [0, 0.1) is 24.1 Å². The summed E-state index contributed by atoms with van der Waals surface area (Å²) in [5, 5.41) is 11.3. The molecule has 0 bridgehead atoms. The fourth-order valence-corrected chi connectivity index (χ4v) is 5.32. The van der Waals surface area contributed by atoms with Crippen LogP contribution in [0.15, 0.2) is 48.8 Å². The molecular formula is C28H31F4N5O. The molecule has 2 heterocycles. The molecule has 2 fully saturated rings. The number of alkyl halides is 3. The van der Waals surface area contributed by atoms with Crippen LogP contribution in [0.1, 0.15) is 58.8 Å². The minimum atomic E-state index is -4.38. The van der Waals surface area contributed by atoms with Gasteiger partial charge in [0.25, 0.3) is 5.91 Å². The number of imidazole rings is 1. The van der Waals surface area contributed by atoms with E-state index in [0.29, 0.717) is 23.2 Å². The highest BCUT2D eigenvalue weighted by Gasteiger charge is 2.46. The number of halogens is 4. The zero-order valence-electron chi connectivity index (χ0n) is 21.4. The summed E-state index contributed by atoms with van der Waals surface area (Å²) < 4.78 is 58.6. The summed E-state index contributed by atoms with van der Waals surface area (Å²) >= 11 is 0. The van der Waals surface area contributed by atoms with Gasteiger partial charge in [0.15, 0.2) is 0 Å². The molecule has 1 aromatic heterocycles. The molecule has 1 unspecified atom stereocenters. The minimum Gasteiger partial charge on any atom is -0.360 e. The van der Waals surface area contributed by atoms with Gasteiger partial charge in [-0.25, -0.2) is 4.39 Å². The Hall–Kier alpha value is -3.56. The molecule has 0 spiro atoms. The molecule has 10 heteroatoms. The van der Waals surface area contributed by atoms with Crippen LogP contribution < -0.4 is 15.8 Å². The Morgan fingerprint density at radius 1 is 1.13 bits per heavy atom. The van der Waals surface area contributed by atoms with Crippen LogP contribution in [0.2, 0.25) is 0 Å². The number of carbonyl (C=O) groups is 1. The van der Waals surface area contributed by atoms with Crippen molar-refractivity contribution in [2.24, 2.45) is 13.0 Å². The van der Waals surface area contributed by atoms with E-state index in [1.54, 1.807) is 59.8 Å². The molecule has 2 N–H and O–H groups in total. The van der Waals surface area contributed by atoms with Crippen molar-refractivity contribution >= 4 is 11.6 Å². The van der Waals surface area contributed by atoms with Gasteiger partial charge in [0.1, 0.15) is 11.9 Å². The maximum Gasteiger partial charge on any atom is 0.408 e. The van der Waals surface area contributed by atoms with E-state index in [1.165, 1.54) is 17.0 Å². The van der Waals surface area contributed by atoms with E-state index in [-0.39, 0.29) is 54.4 Å². The van der Waals surface area contributed by atoms with E-state index in [4.69, 9.17) is 5.41 Å². The lowest BCUT2D eigenvalue weighted by atomic mass is 9.99. The third kappa shape index (κ3) is 5.35. The number of benzene rings is 2. The Bertz CT molecular complexity index is 1400. The van der Waals surface area contributed by atoms with Crippen molar-refractivity contribution in [3.63, 3.8) is 0 Å². The second kappa shape index (κ2) is 9.96. The quantitative estimate of drug-likeness (QED) is 0.413. The van der Waals surface area contributed by atoms with Crippen molar-refractivity contribution in [1.29, 1.82) is 5.41 Å². The number of rotatable bonds is 7. The molecule has 1 amide bonds. The average Bonchev–Trinajstić information content (AvgIpc) is 3.49. The van der Waals surface area contributed by atoms with Crippen molar-refractivity contribution in [3.05, 3.63) is 82.5 Å². The molecule has 1 saturated heterocycles. The Kier molecular flexibility index (Phi) is 6.83. The van der Waals surface area contributed by atoms with Gasteiger partial charge in [-0.3, -0.25) is 10.2 Å². The molecule has 1 aliphatic carbocycles. The van der Waals surface area contributed by atoms with E-state index in [2.05, 4.69) is 5.32 Å². The first-order valence-corrected chi connectivity index (χ1v) is 12.8. The monoisotopic (exact) mass is 529 g/mol. The molecule has 202 valence electrons. The second-order valence-electron chi connectivity index (χ2n) is 10.4. The van der Waals surface area contributed by atoms with Crippen molar-refractivity contribution in [2.75, 3.05) is 11.4 Å². The zero-order chi connectivity index (χ0) is 27.2. The van der Waals surface area contributed by atoms with Crippen LogP contribution in [0.5, 0.6) is 0 Å². The number of aryl methyl sites for hydroxylation is 2. The Labute approximate surface area is 218 Å². The van der Waals surface area contributed by atoms with Gasteiger partial charge in [0, 0.05) is 37.2 Å². The summed E-state index contributed by atoms with van der Waals surface area (Å²) in [6.45, 7) is 2.16. The van der Waals surface area contributed by atoms with Gasteiger partial charge in [-0.05, 0) is 79.5 Å². The fourth-order valence-electron chi connectivity index (χ4n) is 5.32. The van der Waals surface area contributed by atoms with Crippen molar-refractivity contribution in [3.8, 4) is 0 Å². The number of anilines is 1. The number of nitrogens with zero attached hydrogens (tertiary/aromatic N) is 3. The Morgan fingerprint density at radius 2 is 1.89 bits per heavy atom. The van der Waals surface area contributed by atoms with Gasteiger partial charge in [0.05, 0.1) is 12.6 Å². The fraction of sp³-hybridized carbons (Fsp3) is 0.429. The topological polar surface area (TPSA) is 66.0 Å². The van der Waals surface area contributed by atoms with Crippen molar-refractivity contribution < 1.29 is 22.4 Å². The molecule has 3 aromatic rings. The lowest BCUT2D eigenvalue weighted by Crippen LogP contribution is -2.41. The SMILES string of the molecule is Cc1cc(C(NC(=O)c2cc(Cn3ccn(C)c3=N)cc(N3CCC[C@@H]3C(F)(F)F)c2)C2CC2)ccc1F. The Balaban J connectivity index is 1.50. The first-order valence-electron chi connectivity index (χ1n) is 12.8. The number of amides is 1. The molecule has 1 aliphatic heterocycles. The van der Waals surface area contributed by atoms with Crippen LogP contribution in [-0.4, -0.2) is 33.8 Å². The number of aromatic nitrogens is 2. The van der Waals surface area contributed by atoms with Gasteiger partial charge >= 0.3 is 6.18 Å². The van der Waals surface area contributed by atoms with Gasteiger partial charge in [-0.15, -0.1) is 0 Å². The molecule has 2 aromatic carbocycles. The highest BCUT2D eigenvalue weighted by atomic mass is 19.4. The third-order valence-corrected chi connectivity index (χ3v) is 7.55. The lowest BCUT2D eigenvalue weighted by Gasteiger charge is -2.29. The molecule has 2 aliphatic rings. The van der Waals surface area contributed by atoms with Crippen LogP contribution >= 0.6 is 0 Å². The zero-order valence-corrected chi connectivity index (χ0v) is 21.4. The van der Waals surface area contributed by atoms with E-state index in [9.17, 15) is 22.4 Å². The summed E-state index contributed by atoms with van der Waals surface area (Å²) in [6.07, 6.45) is 1.36. The Morgan fingerprint density at radius 3 is 2.53 bits per heavy atom. The summed E-state index contributed by atoms with van der Waals surface area (Å²) in [5.74, 6) is -0.478. The standard InChI is InChI=1S/C28H31F4N5O/c1-17-12-20(7-8-23(17)29)25(19-5-6-19)34-26(38)21-13-18(16-36-11-10-35(2)27(36)33)14-22(15-21)37-9-3-4-24(37)28(30,31)32/h7-8,10-15,19,24-25,33H,3-6,9,16H2,1-2H3,(H,34,38)/t24-,25?/m1/s1. The molecule has 0 radical (unpaired) electrons. The molecule has 1 saturated carbocycles. The summed E-state index contributed by atoms with van der Waals surface area (Å²) in [4.78, 5) is 14.9. The number of nitrogens with one attached hydrogen (secondary N) is 2. The smallest absolute Gasteiger partial charge is 0.360 e. The van der Waals surface area contributed by atoms with Gasteiger partial charge in [-0.2, -0.15) is 13.2 Å². The predicted octanol–water partition coefficient (Wildman–Crippen LogP) is 5.21. The molecule has 38 heavy (non-hydrogen) atoms. The summed E-state index contributed by atoms with van der Waals surface area (Å²) in [5.41, 5.74) is 2.77. The first kappa shape index (κ1) is 26.1. The summed E-state index contributed by atoms with van der Waals surface area (Å²) in [6, 6.07) is 7.77. The van der Waals surface area contributed by atoms with Gasteiger partial charge < -0.3 is 19.4 Å². The van der Waals surface area contributed by atoms with E-state index >= 15 is 0 Å². The average molecular weight is 530 g/mol. The predicted molar refractivity (Wildman–Crippen MR) is 135 cm³/mol. The molecule has 5 rings (SSSR count). The maximum atomic E-state index is 13.9. The van der Waals surface area contributed by atoms with E-state index < -0.39 is 12.2 Å². The van der Waals surface area contributed by atoms with Gasteiger partial charge in [0.2, 0.25) is 5.62 Å². The first-order chi connectivity index (χ1) is 18.0. The van der Waals surface area contributed by atoms with E-state index in [0.717, 1.165) is 18.4 Å². The number of carbonyl (C=O) groups excluding carboxylic acids is 1. The third-order valence-electron chi connectivity index (χ3n) is 7.55. The number of hydrogen-bond acceptors (Lipinski definition) is 3. The van der Waals surface area contributed by atoms with Crippen molar-refractivity contribution in [1.82, 2.24) is 14.5 Å². The minimum absolute atomic E-state index is 0.00718. The molecule has 2 atom stereocenters. The number of hydrogen-bond donors (Lipinski definition) is 2. The maximum absolute atomic E-state index is 13.9. The van der Waals surface area contributed by atoms with Gasteiger partial charge in [-0.1, -0.05) is 12.1 Å².